The Morgan fingerprint density at radius 1 is 1.26 bits per heavy atom. The normalized spacial score (nSPS) is 16.8. The van der Waals surface area contributed by atoms with Gasteiger partial charge in [-0.3, -0.25) is 0 Å². The summed E-state index contributed by atoms with van der Waals surface area (Å²) in [6.45, 7) is 4.14. The van der Waals surface area contributed by atoms with Crippen molar-refractivity contribution in [2.75, 3.05) is 30.4 Å². The first-order valence-corrected chi connectivity index (χ1v) is 7.90. The van der Waals surface area contributed by atoms with E-state index in [1.54, 1.807) is 6.20 Å². The maximum Gasteiger partial charge on any atom is 0.224 e. The van der Waals surface area contributed by atoms with Crippen LogP contribution in [0.15, 0.2) is 36.5 Å². The number of hydrogen-bond acceptors (Lipinski definition) is 6. The van der Waals surface area contributed by atoms with Crippen LogP contribution in [-0.4, -0.2) is 35.3 Å². The molecule has 0 radical (unpaired) electrons. The van der Waals surface area contributed by atoms with Crippen LogP contribution in [0, 0.1) is 6.92 Å². The molecule has 2 heterocycles. The number of aryl methyl sites for hydroxylation is 1. The smallest absolute Gasteiger partial charge is 0.224 e. The zero-order chi connectivity index (χ0) is 16.1. The van der Waals surface area contributed by atoms with E-state index in [1.807, 2.05) is 18.2 Å². The van der Waals surface area contributed by atoms with Gasteiger partial charge in [-0.05, 0) is 43.5 Å². The van der Waals surface area contributed by atoms with Gasteiger partial charge in [0.1, 0.15) is 5.82 Å². The summed E-state index contributed by atoms with van der Waals surface area (Å²) in [7, 11) is 0. The molecule has 1 aromatic carbocycles. The molecular formula is C17H23N5O. The van der Waals surface area contributed by atoms with Crippen molar-refractivity contribution in [1.82, 2.24) is 9.97 Å². The molecule has 6 heteroatoms. The van der Waals surface area contributed by atoms with Crippen LogP contribution in [0.25, 0.3) is 0 Å². The molecule has 0 amide bonds. The highest BCUT2D eigenvalue weighted by Gasteiger charge is 2.27. The van der Waals surface area contributed by atoms with Gasteiger partial charge >= 0.3 is 0 Å². The molecule has 0 bridgehead atoms. The maximum atomic E-state index is 6.37. The number of hydrogen-bond donors (Lipinski definition) is 3. The van der Waals surface area contributed by atoms with Gasteiger partial charge in [-0.15, -0.1) is 0 Å². The predicted octanol–water partition coefficient (Wildman–Crippen LogP) is 2.45. The fraction of sp³-hybridized carbons (Fsp3) is 0.412. The molecule has 0 spiro atoms. The molecule has 1 fully saturated rings. The Balaban J connectivity index is 1.63. The second-order valence-electron chi connectivity index (χ2n) is 6.09. The highest BCUT2D eigenvalue weighted by molar-refractivity contribution is 5.57. The summed E-state index contributed by atoms with van der Waals surface area (Å²) in [6, 6.07) is 10.0. The van der Waals surface area contributed by atoms with E-state index in [2.05, 4.69) is 39.7 Å². The minimum Gasteiger partial charge on any atom is -0.381 e. The van der Waals surface area contributed by atoms with Gasteiger partial charge in [-0.25, -0.2) is 4.98 Å². The van der Waals surface area contributed by atoms with Crippen LogP contribution in [0.1, 0.15) is 18.4 Å². The third-order valence-electron chi connectivity index (χ3n) is 4.03. The van der Waals surface area contributed by atoms with Crippen molar-refractivity contribution in [1.29, 1.82) is 0 Å². The quantitative estimate of drug-likeness (QED) is 0.786. The molecule has 2 aromatic rings. The number of nitrogens with one attached hydrogen (secondary N) is 2. The first-order valence-electron chi connectivity index (χ1n) is 7.90. The number of nitrogens with zero attached hydrogens (tertiary/aromatic N) is 2. The van der Waals surface area contributed by atoms with E-state index < -0.39 is 0 Å². The first kappa shape index (κ1) is 15.7. The van der Waals surface area contributed by atoms with E-state index in [-0.39, 0.29) is 5.54 Å². The Hall–Kier alpha value is -2.18. The number of anilines is 3. The minimum absolute atomic E-state index is 0.248. The van der Waals surface area contributed by atoms with Gasteiger partial charge in [-0.1, -0.05) is 12.1 Å². The number of nitrogens with two attached hydrogens (primary N) is 1. The van der Waals surface area contributed by atoms with E-state index in [0.29, 0.717) is 25.7 Å². The van der Waals surface area contributed by atoms with Crippen LogP contribution in [0.3, 0.4) is 0 Å². The van der Waals surface area contributed by atoms with Crippen LogP contribution >= 0.6 is 0 Å². The van der Waals surface area contributed by atoms with Crippen LogP contribution in [0.2, 0.25) is 0 Å². The predicted molar refractivity (Wildman–Crippen MR) is 92.0 cm³/mol. The molecule has 1 aliphatic heterocycles. The second kappa shape index (κ2) is 6.93. The Morgan fingerprint density at radius 3 is 2.87 bits per heavy atom. The molecule has 1 aliphatic rings. The highest BCUT2D eigenvalue weighted by atomic mass is 16.5. The van der Waals surface area contributed by atoms with Gasteiger partial charge in [0.05, 0.1) is 0 Å². The van der Waals surface area contributed by atoms with Crippen molar-refractivity contribution in [3.8, 4) is 0 Å². The van der Waals surface area contributed by atoms with Crippen LogP contribution < -0.4 is 16.4 Å². The molecular weight excluding hydrogens is 290 g/mol. The molecule has 6 nitrogen and oxygen atoms in total. The SMILES string of the molecule is Cc1cccc(Nc2ccnc(NCC3(N)CCOCC3)n2)c1. The number of benzene rings is 1. The van der Waals surface area contributed by atoms with Gasteiger partial charge in [-0.2, -0.15) is 4.98 Å². The molecule has 0 atom stereocenters. The zero-order valence-corrected chi connectivity index (χ0v) is 13.4. The molecule has 0 saturated carbocycles. The van der Waals surface area contributed by atoms with E-state index >= 15 is 0 Å². The van der Waals surface area contributed by atoms with E-state index in [1.165, 1.54) is 5.56 Å². The number of ether oxygens (including phenoxy) is 1. The summed E-state index contributed by atoms with van der Waals surface area (Å²) in [5.74, 6) is 1.34. The summed E-state index contributed by atoms with van der Waals surface area (Å²) in [5.41, 5.74) is 8.33. The van der Waals surface area contributed by atoms with Crippen molar-refractivity contribution < 1.29 is 4.74 Å². The monoisotopic (exact) mass is 313 g/mol. The average Bonchev–Trinajstić information content (AvgIpc) is 2.54. The summed E-state index contributed by atoms with van der Waals surface area (Å²) in [6.07, 6.45) is 3.43. The summed E-state index contributed by atoms with van der Waals surface area (Å²) >= 11 is 0. The summed E-state index contributed by atoms with van der Waals surface area (Å²) in [5, 5.41) is 6.54. The van der Waals surface area contributed by atoms with Crippen molar-refractivity contribution >= 4 is 17.5 Å². The van der Waals surface area contributed by atoms with E-state index in [0.717, 1.165) is 24.3 Å². The first-order chi connectivity index (χ1) is 11.1. The fourth-order valence-electron chi connectivity index (χ4n) is 2.59. The molecule has 0 unspecified atom stereocenters. The van der Waals surface area contributed by atoms with Crippen molar-refractivity contribution in [2.45, 2.75) is 25.3 Å². The molecule has 1 saturated heterocycles. The summed E-state index contributed by atoms with van der Waals surface area (Å²) in [4.78, 5) is 8.76. The largest absolute Gasteiger partial charge is 0.381 e. The molecule has 23 heavy (non-hydrogen) atoms. The van der Waals surface area contributed by atoms with E-state index in [9.17, 15) is 0 Å². The fourth-order valence-corrected chi connectivity index (χ4v) is 2.59. The summed E-state index contributed by atoms with van der Waals surface area (Å²) < 4.78 is 5.36. The van der Waals surface area contributed by atoms with Gasteiger partial charge in [0.15, 0.2) is 0 Å². The molecule has 1 aromatic heterocycles. The lowest BCUT2D eigenvalue weighted by Gasteiger charge is -2.33. The molecule has 0 aliphatic carbocycles. The van der Waals surface area contributed by atoms with Crippen LogP contribution in [0.5, 0.6) is 0 Å². The standard InChI is InChI=1S/C17H23N5O/c1-13-3-2-4-14(11-13)21-15-5-8-19-16(22-15)20-12-17(18)6-9-23-10-7-17/h2-5,8,11H,6-7,9-10,12,18H2,1H3,(H2,19,20,21,22). The molecule has 122 valence electrons. The average molecular weight is 313 g/mol. The Morgan fingerprint density at radius 2 is 2.09 bits per heavy atom. The number of rotatable bonds is 5. The second-order valence-corrected chi connectivity index (χ2v) is 6.09. The van der Waals surface area contributed by atoms with Crippen LogP contribution in [0.4, 0.5) is 17.5 Å². The Bertz CT molecular complexity index is 655. The van der Waals surface area contributed by atoms with Gasteiger partial charge < -0.3 is 21.1 Å². The third-order valence-corrected chi connectivity index (χ3v) is 4.03. The minimum atomic E-state index is -0.248. The zero-order valence-electron chi connectivity index (χ0n) is 13.4. The van der Waals surface area contributed by atoms with Crippen LogP contribution in [-0.2, 0) is 4.74 Å². The lowest BCUT2D eigenvalue weighted by atomic mass is 9.91. The topological polar surface area (TPSA) is 85.1 Å². The maximum absolute atomic E-state index is 6.37. The lowest BCUT2D eigenvalue weighted by molar-refractivity contribution is 0.0574. The van der Waals surface area contributed by atoms with Gasteiger partial charge in [0.2, 0.25) is 5.95 Å². The highest BCUT2D eigenvalue weighted by Crippen LogP contribution is 2.19. The number of aromatic nitrogens is 2. The third kappa shape index (κ3) is 4.40. The van der Waals surface area contributed by atoms with E-state index in [4.69, 9.17) is 10.5 Å². The Labute approximate surface area is 136 Å². The van der Waals surface area contributed by atoms with Gasteiger partial charge in [0.25, 0.3) is 0 Å². The Kier molecular flexibility index (Phi) is 4.73. The van der Waals surface area contributed by atoms with Crippen molar-refractivity contribution in [3.63, 3.8) is 0 Å². The molecule has 3 rings (SSSR count). The lowest BCUT2D eigenvalue weighted by Crippen LogP contribution is -2.50. The van der Waals surface area contributed by atoms with Crippen molar-refractivity contribution in [2.24, 2.45) is 5.73 Å². The van der Waals surface area contributed by atoms with Gasteiger partial charge in [0, 0.05) is 37.2 Å². The van der Waals surface area contributed by atoms with Crippen molar-refractivity contribution in [3.05, 3.63) is 42.1 Å². The molecule has 4 N–H and O–H groups in total.